The van der Waals surface area contributed by atoms with E-state index in [1.807, 2.05) is 16.8 Å². The molecule has 1 atom stereocenters. The molecule has 5 nitrogen and oxygen atoms in total. The van der Waals surface area contributed by atoms with E-state index < -0.39 is 6.04 Å². The maximum Gasteiger partial charge on any atom is 0.255 e. The second kappa shape index (κ2) is 6.38. The quantitative estimate of drug-likeness (QED) is 0.918. The van der Waals surface area contributed by atoms with Crippen molar-refractivity contribution in [3.8, 4) is 0 Å². The van der Waals surface area contributed by atoms with Gasteiger partial charge in [0.2, 0.25) is 5.91 Å². The lowest BCUT2D eigenvalue weighted by atomic mass is 10.2. The SMILES string of the molecule is CC(NC(=O)c1ccoc1)C(=O)N(C)Cc1ccsc1. The van der Waals surface area contributed by atoms with Gasteiger partial charge < -0.3 is 14.6 Å². The molecule has 0 radical (unpaired) electrons. The maximum absolute atomic E-state index is 12.2. The molecule has 0 saturated heterocycles. The number of likely N-dealkylation sites (N-methyl/N-ethyl adjacent to an activating group) is 1. The Balaban J connectivity index is 1.89. The van der Waals surface area contributed by atoms with Gasteiger partial charge in [-0.3, -0.25) is 9.59 Å². The van der Waals surface area contributed by atoms with E-state index >= 15 is 0 Å². The molecule has 0 fully saturated rings. The van der Waals surface area contributed by atoms with E-state index in [-0.39, 0.29) is 11.8 Å². The van der Waals surface area contributed by atoms with E-state index in [9.17, 15) is 9.59 Å². The number of rotatable bonds is 5. The van der Waals surface area contributed by atoms with Crippen LogP contribution in [0.3, 0.4) is 0 Å². The zero-order valence-electron chi connectivity index (χ0n) is 11.3. The van der Waals surface area contributed by atoms with Gasteiger partial charge in [-0.05, 0) is 35.4 Å². The highest BCUT2D eigenvalue weighted by atomic mass is 32.1. The molecule has 2 amide bonds. The summed E-state index contributed by atoms with van der Waals surface area (Å²) in [7, 11) is 1.72. The Hall–Kier alpha value is -2.08. The Bertz CT molecular complexity index is 563. The van der Waals surface area contributed by atoms with Crippen molar-refractivity contribution >= 4 is 23.2 Å². The number of furan rings is 1. The van der Waals surface area contributed by atoms with Gasteiger partial charge >= 0.3 is 0 Å². The number of hydrogen-bond acceptors (Lipinski definition) is 4. The van der Waals surface area contributed by atoms with Crippen molar-refractivity contribution < 1.29 is 14.0 Å². The highest BCUT2D eigenvalue weighted by molar-refractivity contribution is 7.07. The number of carbonyl (C=O) groups is 2. The molecule has 1 unspecified atom stereocenters. The molecule has 2 aromatic heterocycles. The van der Waals surface area contributed by atoms with Gasteiger partial charge in [0.15, 0.2) is 0 Å². The Morgan fingerprint density at radius 1 is 1.45 bits per heavy atom. The minimum atomic E-state index is -0.582. The van der Waals surface area contributed by atoms with Crippen molar-refractivity contribution in [2.24, 2.45) is 0 Å². The van der Waals surface area contributed by atoms with E-state index in [1.165, 1.54) is 12.5 Å². The molecule has 0 aliphatic heterocycles. The topological polar surface area (TPSA) is 62.6 Å². The van der Waals surface area contributed by atoms with E-state index in [4.69, 9.17) is 4.42 Å². The third kappa shape index (κ3) is 3.48. The fourth-order valence-electron chi connectivity index (χ4n) is 1.80. The molecule has 0 aliphatic rings. The molecule has 2 heterocycles. The maximum atomic E-state index is 12.2. The summed E-state index contributed by atoms with van der Waals surface area (Å²) in [5.74, 6) is -0.448. The molecule has 0 saturated carbocycles. The molecular formula is C14H16N2O3S. The zero-order chi connectivity index (χ0) is 14.5. The fourth-order valence-corrected chi connectivity index (χ4v) is 2.46. The van der Waals surface area contributed by atoms with Gasteiger partial charge in [0.05, 0.1) is 11.8 Å². The van der Waals surface area contributed by atoms with Gasteiger partial charge in [-0.15, -0.1) is 0 Å². The molecule has 106 valence electrons. The van der Waals surface area contributed by atoms with Crippen LogP contribution in [0.1, 0.15) is 22.8 Å². The van der Waals surface area contributed by atoms with Crippen molar-refractivity contribution in [2.45, 2.75) is 19.5 Å². The second-order valence-electron chi connectivity index (χ2n) is 4.53. The molecule has 0 aliphatic carbocycles. The summed E-state index contributed by atoms with van der Waals surface area (Å²) in [6.07, 6.45) is 2.77. The average Bonchev–Trinajstić information content (AvgIpc) is 3.10. The van der Waals surface area contributed by atoms with E-state index in [2.05, 4.69) is 5.32 Å². The van der Waals surface area contributed by atoms with Gasteiger partial charge in [-0.25, -0.2) is 0 Å². The standard InChI is InChI=1S/C14H16N2O3S/c1-10(15-13(17)12-3-5-19-8-12)14(18)16(2)7-11-4-6-20-9-11/h3-6,8-10H,7H2,1-2H3,(H,15,17). The average molecular weight is 292 g/mol. The largest absolute Gasteiger partial charge is 0.472 e. The molecule has 6 heteroatoms. The fraction of sp³-hybridized carbons (Fsp3) is 0.286. The summed E-state index contributed by atoms with van der Waals surface area (Å²) in [4.78, 5) is 25.6. The Kier molecular flexibility index (Phi) is 4.57. The first-order chi connectivity index (χ1) is 9.58. The number of carbonyl (C=O) groups excluding carboxylic acids is 2. The molecule has 2 aromatic rings. The van der Waals surface area contributed by atoms with Gasteiger partial charge in [-0.1, -0.05) is 0 Å². The first-order valence-corrected chi connectivity index (χ1v) is 7.11. The normalized spacial score (nSPS) is 11.9. The van der Waals surface area contributed by atoms with Crippen LogP contribution in [-0.4, -0.2) is 29.8 Å². The molecule has 0 aromatic carbocycles. The number of nitrogens with one attached hydrogen (secondary N) is 1. The van der Waals surface area contributed by atoms with Crippen LogP contribution >= 0.6 is 11.3 Å². The van der Waals surface area contributed by atoms with Crippen LogP contribution in [-0.2, 0) is 11.3 Å². The van der Waals surface area contributed by atoms with Gasteiger partial charge in [0, 0.05) is 13.6 Å². The molecule has 2 rings (SSSR count). The number of amides is 2. The van der Waals surface area contributed by atoms with E-state index in [0.717, 1.165) is 5.56 Å². The van der Waals surface area contributed by atoms with Crippen LogP contribution in [0, 0.1) is 0 Å². The summed E-state index contributed by atoms with van der Waals surface area (Å²) in [5.41, 5.74) is 1.49. The Labute approximate surface area is 121 Å². The minimum absolute atomic E-state index is 0.131. The van der Waals surface area contributed by atoms with Crippen molar-refractivity contribution in [1.29, 1.82) is 0 Å². The summed E-state index contributed by atoms with van der Waals surface area (Å²) in [5, 5.41) is 6.62. The lowest BCUT2D eigenvalue weighted by Crippen LogP contribution is -2.45. The van der Waals surface area contributed by atoms with Gasteiger partial charge in [0.1, 0.15) is 12.3 Å². The van der Waals surface area contributed by atoms with Crippen LogP contribution in [0.2, 0.25) is 0 Å². The molecule has 0 spiro atoms. The molecular weight excluding hydrogens is 276 g/mol. The highest BCUT2D eigenvalue weighted by Crippen LogP contribution is 2.09. The predicted octanol–water partition coefficient (Wildman–Crippen LogP) is 2.12. The zero-order valence-corrected chi connectivity index (χ0v) is 12.1. The lowest BCUT2D eigenvalue weighted by molar-refractivity contribution is -0.132. The van der Waals surface area contributed by atoms with Crippen LogP contribution in [0.4, 0.5) is 0 Å². The van der Waals surface area contributed by atoms with Gasteiger partial charge in [0.25, 0.3) is 5.91 Å². The number of nitrogens with zero attached hydrogens (tertiary/aromatic N) is 1. The van der Waals surface area contributed by atoms with Crippen LogP contribution in [0.25, 0.3) is 0 Å². The van der Waals surface area contributed by atoms with Crippen LogP contribution < -0.4 is 5.32 Å². The Morgan fingerprint density at radius 3 is 2.85 bits per heavy atom. The molecule has 20 heavy (non-hydrogen) atoms. The third-order valence-corrected chi connectivity index (χ3v) is 3.61. The lowest BCUT2D eigenvalue weighted by Gasteiger charge is -2.21. The molecule has 1 N–H and O–H groups in total. The predicted molar refractivity (Wildman–Crippen MR) is 76.4 cm³/mol. The van der Waals surface area contributed by atoms with Crippen molar-refractivity contribution in [3.63, 3.8) is 0 Å². The Morgan fingerprint density at radius 2 is 2.25 bits per heavy atom. The van der Waals surface area contributed by atoms with E-state index in [1.54, 1.807) is 36.3 Å². The highest BCUT2D eigenvalue weighted by Gasteiger charge is 2.20. The van der Waals surface area contributed by atoms with Crippen LogP contribution in [0.5, 0.6) is 0 Å². The summed E-state index contributed by atoms with van der Waals surface area (Å²) in [6.45, 7) is 2.21. The smallest absolute Gasteiger partial charge is 0.255 e. The van der Waals surface area contributed by atoms with Crippen molar-refractivity contribution in [2.75, 3.05) is 7.05 Å². The van der Waals surface area contributed by atoms with Crippen molar-refractivity contribution in [1.82, 2.24) is 10.2 Å². The van der Waals surface area contributed by atoms with Gasteiger partial charge in [-0.2, -0.15) is 11.3 Å². The summed E-state index contributed by atoms with van der Waals surface area (Å²) in [6, 6.07) is 2.95. The first kappa shape index (κ1) is 14.3. The van der Waals surface area contributed by atoms with Crippen LogP contribution in [0.15, 0.2) is 39.8 Å². The minimum Gasteiger partial charge on any atom is -0.472 e. The summed E-state index contributed by atoms with van der Waals surface area (Å²) >= 11 is 1.59. The third-order valence-electron chi connectivity index (χ3n) is 2.88. The second-order valence-corrected chi connectivity index (χ2v) is 5.31. The number of thiophene rings is 1. The molecule has 0 bridgehead atoms. The summed E-state index contributed by atoms with van der Waals surface area (Å²) < 4.78 is 4.84. The first-order valence-electron chi connectivity index (χ1n) is 6.17. The monoisotopic (exact) mass is 292 g/mol. The van der Waals surface area contributed by atoms with Crippen molar-refractivity contribution in [3.05, 3.63) is 46.5 Å². The number of hydrogen-bond donors (Lipinski definition) is 1. The van der Waals surface area contributed by atoms with E-state index in [0.29, 0.717) is 12.1 Å².